The van der Waals surface area contributed by atoms with Gasteiger partial charge in [0.15, 0.2) is 0 Å². The van der Waals surface area contributed by atoms with E-state index in [1.54, 1.807) is 14.2 Å². The third kappa shape index (κ3) is 6.78. The molecule has 1 saturated heterocycles. The van der Waals surface area contributed by atoms with Crippen LogP contribution < -0.4 is 0 Å². The third-order valence-corrected chi connectivity index (χ3v) is 2.56. The maximum absolute atomic E-state index is 4.25. The number of ether oxygens (including phenoxy) is 1. The lowest BCUT2D eigenvalue weighted by atomic mass is 10.1. The van der Waals surface area contributed by atoms with Gasteiger partial charge in [-0.3, -0.25) is 0 Å². The summed E-state index contributed by atoms with van der Waals surface area (Å²) in [5.74, 6) is 0. The first kappa shape index (κ1) is 11.4. The first-order valence-corrected chi connectivity index (χ1v) is 4.85. The van der Waals surface area contributed by atoms with Crippen LogP contribution in [0.4, 0.5) is 0 Å². The lowest BCUT2D eigenvalue weighted by molar-refractivity contribution is 0.277. The Bertz CT molecular complexity index is 72.2. The first-order chi connectivity index (χ1) is 5.20. The molecule has 1 rings (SSSR count). The summed E-state index contributed by atoms with van der Waals surface area (Å²) < 4.78 is 4.25. The van der Waals surface area contributed by atoms with Crippen molar-refractivity contribution in [3.05, 3.63) is 0 Å². The molecule has 0 bridgehead atoms. The van der Waals surface area contributed by atoms with Gasteiger partial charge >= 0.3 is 0 Å². The van der Waals surface area contributed by atoms with E-state index in [9.17, 15) is 0 Å². The molecule has 0 saturated carbocycles. The minimum absolute atomic E-state index is 0.790. The highest BCUT2D eigenvalue weighted by molar-refractivity contribution is 9.09. The number of rotatable bonds is 0. The smallest absolute Gasteiger partial charge is 0.0351 e. The van der Waals surface area contributed by atoms with Crippen molar-refractivity contribution in [2.24, 2.45) is 0 Å². The van der Waals surface area contributed by atoms with E-state index >= 15 is 0 Å². The van der Waals surface area contributed by atoms with Crippen molar-refractivity contribution in [3.8, 4) is 0 Å². The summed E-state index contributed by atoms with van der Waals surface area (Å²) in [6.07, 6.45) is 2.63. The van der Waals surface area contributed by atoms with Gasteiger partial charge in [0.1, 0.15) is 0 Å². The van der Waals surface area contributed by atoms with Gasteiger partial charge in [-0.2, -0.15) is 0 Å². The van der Waals surface area contributed by atoms with Gasteiger partial charge in [0, 0.05) is 19.0 Å². The molecule has 2 nitrogen and oxygen atoms in total. The molecular weight excluding hydrogens is 206 g/mol. The summed E-state index contributed by atoms with van der Waals surface area (Å²) in [5.41, 5.74) is 0. The molecule has 1 heterocycles. The van der Waals surface area contributed by atoms with Gasteiger partial charge in [0.05, 0.1) is 0 Å². The van der Waals surface area contributed by atoms with Gasteiger partial charge in [-0.25, -0.2) is 0 Å². The Labute approximate surface area is 78.0 Å². The van der Waals surface area contributed by atoms with Crippen molar-refractivity contribution in [3.63, 3.8) is 0 Å². The molecule has 1 fully saturated rings. The predicted molar refractivity (Wildman–Crippen MR) is 52.4 cm³/mol. The third-order valence-electron chi connectivity index (χ3n) is 1.65. The molecule has 0 spiro atoms. The topological polar surface area (TPSA) is 12.5 Å². The van der Waals surface area contributed by atoms with Gasteiger partial charge in [-0.15, -0.1) is 0 Å². The number of halogens is 1. The molecule has 0 aromatic carbocycles. The van der Waals surface area contributed by atoms with Crippen molar-refractivity contribution < 1.29 is 4.74 Å². The van der Waals surface area contributed by atoms with Gasteiger partial charge < -0.3 is 9.64 Å². The lowest BCUT2D eigenvalue weighted by Crippen LogP contribution is -2.30. The number of methoxy groups -OCH3 is 1. The number of nitrogens with zero attached hydrogens (tertiary/aromatic N) is 1. The molecule has 0 radical (unpaired) electrons. The quantitative estimate of drug-likeness (QED) is 0.581. The van der Waals surface area contributed by atoms with E-state index in [4.69, 9.17) is 0 Å². The summed E-state index contributed by atoms with van der Waals surface area (Å²) in [6.45, 7) is 2.52. The van der Waals surface area contributed by atoms with Gasteiger partial charge in [0.25, 0.3) is 0 Å². The summed E-state index contributed by atoms with van der Waals surface area (Å²) in [6, 6.07) is 0. The summed E-state index contributed by atoms with van der Waals surface area (Å²) in [5, 5.41) is 0. The van der Waals surface area contributed by atoms with E-state index in [1.807, 2.05) is 0 Å². The SMILES string of the molecule is CN1CCC(Br)CC1.COC. The molecule has 0 aliphatic carbocycles. The van der Waals surface area contributed by atoms with E-state index in [0.717, 1.165) is 4.83 Å². The molecule has 0 aromatic heterocycles. The second-order valence-electron chi connectivity index (χ2n) is 2.89. The van der Waals surface area contributed by atoms with Gasteiger partial charge in [-0.05, 0) is 33.0 Å². The van der Waals surface area contributed by atoms with Crippen LogP contribution in [0.25, 0.3) is 0 Å². The largest absolute Gasteiger partial charge is 0.388 e. The van der Waals surface area contributed by atoms with Crippen LogP contribution in [0.5, 0.6) is 0 Å². The Hall–Kier alpha value is 0.400. The van der Waals surface area contributed by atoms with E-state index in [2.05, 4.69) is 32.6 Å². The number of alkyl halides is 1. The second-order valence-corrected chi connectivity index (χ2v) is 4.18. The van der Waals surface area contributed by atoms with Crippen molar-refractivity contribution >= 4 is 15.9 Å². The number of hydrogen-bond acceptors (Lipinski definition) is 2. The van der Waals surface area contributed by atoms with Crippen LogP contribution in [-0.4, -0.2) is 44.1 Å². The van der Waals surface area contributed by atoms with Crippen LogP contribution in [0, 0.1) is 0 Å². The molecule has 0 unspecified atom stereocenters. The average molecular weight is 224 g/mol. The number of likely N-dealkylation sites (tertiary alicyclic amines) is 1. The van der Waals surface area contributed by atoms with Gasteiger partial charge in [0.2, 0.25) is 0 Å². The monoisotopic (exact) mass is 223 g/mol. The fraction of sp³-hybridized carbons (Fsp3) is 1.00. The van der Waals surface area contributed by atoms with Crippen LogP contribution in [0.1, 0.15) is 12.8 Å². The molecule has 1 aliphatic heterocycles. The summed E-state index contributed by atoms with van der Waals surface area (Å²) in [4.78, 5) is 3.16. The van der Waals surface area contributed by atoms with E-state index in [0.29, 0.717) is 0 Å². The Morgan fingerprint density at radius 1 is 1.27 bits per heavy atom. The fourth-order valence-electron chi connectivity index (χ4n) is 0.977. The molecule has 0 amide bonds. The second kappa shape index (κ2) is 7.07. The molecule has 1 aliphatic rings. The Balaban J connectivity index is 0.000000292. The van der Waals surface area contributed by atoms with Crippen LogP contribution in [-0.2, 0) is 4.74 Å². The maximum Gasteiger partial charge on any atom is 0.0351 e. The fourth-order valence-corrected chi connectivity index (χ4v) is 1.39. The van der Waals surface area contributed by atoms with Crippen molar-refractivity contribution in [2.45, 2.75) is 17.7 Å². The Kier molecular flexibility index (Phi) is 7.33. The molecule has 0 aromatic rings. The highest BCUT2D eigenvalue weighted by atomic mass is 79.9. The lowest BCUT2D eigenvalue weighted by Gasteiger charge is -2.24. The standard InChI is InChI=1S/C6H12BrN.C2H6O/c1-8-4-2-6(7)3-5-8;1-3-2/h6H,2-5H2,1H3;1-2H3. The normalized spacial score (nSPS) is 20.7. The summed E-state index contributed by atoms with van der Waals surface area (Å²) in [7, 11) is 5.43. The van der Waals surface area contributed by atoms with E-state index < -0.39 is 0 Å². The average Bonchev–Trinajstić information content (AvgIpc) is 1.97. The van der Waals surface area contributed by atoms with E-state index in [1.165, 1.54) is 25.9 Å². The maximum atomic E-state index is 4.25. The highest BCUT2D eigenvalue weighted by Gasteiger charge is 2.12. The van der Waals surface area contributed by atoms with Crippen LogP contribution in [0.3, 0.4) is 0 Å². The molecule has 3 heteroatoms. The number of hydrogen-bond donors (Lipinski definition) is 0. The van der Waals surface area contributed by atoms with Crippen molar-refractivity contribution in [2.75, 3.05) is 34.4 Å². The molecular formula is C8H18BrNO. The van der Waals surface area contributed by atoms with Crippen LogP contribution in [0.2, 0.25) is 0 Å². The zero-order valence-electron chi connectivity index (χ0n) is 7.64. The molecule has 0 N–H and O–H groups in total. The Morgan fingerprint density at radius 2 is 1.64 bits per heavy atom. The van der Waals surface area contributed by atoms with Crippen LogP contribution >= 0.6 is 15.9 Å². The molecule has 0 atom stereocenters. The predicted octanol–water partition coefficient (Wildman–Crippen LogP) is 1.74. The van der Waals surface area contributed by atoms with E-state index in [-0.39, 0.29) is 0 Å². The molecule has 11 heavy (non-hydrogen) atoms. The van der Waals surface area contributed by atoms with Gasteiger partial charge in [-0.1, -0.05) is 15.9 Å². The zero-order chi connectivity index (χ0) is 8.69. The summed E-state index contributed by atoms with van der Waals surface area (Å²) >= 11 is 3.59. The minimum Gasteiger partial charge on any atom is -0.388 e. The number of piperidine rings is 1. The zero-order valence-corrected chi connectivity index (χ0v) is 9.23. The highest BCUT2D eigenvalue weighted by Crippen LogP contribution is 2.15. The van der Waals surface area contributed by atoms with Crippen molar-refractivity contribution in [1.82, 2.24) is 4.90 Å². The Morgan fingerprint density at radius 3 is 1.91 bits per heavy atom. The van der Waals surface area contributed by atoms with Crippen molar-refractivity contribution in [1.29, 1.82) is 0 Å². The van der Waals surface area contributed by atoms with Crippen LogP contribution in [0.15, 0.2) is 0 Å². The minimum atomic E-state index is 0.790. The first-order valence-electron chi connectivity index (χ1n) is 3.93. The molecule has 68 valence electrons.